The Balaban J connectivity index is 1.54. The number of ketones is 2. The van der Waals surface area contributed by atoms with Crippen LogP contribution in [-0.2, 0) is 9.53 Å². The number of carbonyl (C=O) groups is 2. The van der Waals surface area contributed by atoms with Crippen molar-refractivity contribution in [3.8, 4) is 0 Å². The summed E-state index contributed by atoms with van der Waals surface area (Å²) in [6.45, 7) is 6.62. The Morgan fingerprint density at radius 2 is 1.68 bits per heavy atom. The number of hydrogen-bond donors (Lipinski definition) is 0. The molecule has 2 heterocycles. The van der Waals surface area contributed by atoms with E-state index in [-0.39, 0.29) is 5.60 Å². The van der Waals surface area contributed by atoms with Crippen molar-refractivity contribution < 1.29 is 14.3 Å². The van der Waals surface area contributed by atoms with Crippen molar-refractivity contribution in [2.45, 2.75) is 64.0 Å². The van der Waals surface area contributed by atoms with Crippen molar-refractivity contribution in [1.29, 1.82) is 0 Å². The molecule has 4 rings (SSSR count). The lowest BCUT2D eigenvalue weighted by Crippen LogP contribution is -2.52. The van der Waals surface area contributed by atoms with Crippen molar-refractivity contribution >= 4 is 29.1 Å². The Hall–Kier alpha value is -1.59. The van der Waals surface area contributed by atoms with Crippen molar-refractivity contribution in [2.24, 2.45) is 0 Å². The fraction of sp³-hybridized carbons (Fsp3) is 0.565. The van der Waals surface area contributed by atoms with Crippen LogP contribution in [0.25, 0.3) is 5.76 Å². The smallest absolute Gasteiger partial charge is 0.243 e. The summed E-state index contributed by atoms with van der Waals surface area (Å²) >= 11 is 1.52. The molecule has 28 heavy (non-hydrogen) atoms. The van der Waals surface area contributed by atoms with Crippen LogP contribution >= 0.6 is 11.8 Å². The van der Waals surface area contributed by atoms with Gasteiger partial charge in [-0.1, -0.05) is 51.0 Å². The Morgan fingerprint density at radius 3 is 2.32 bits per heavy atom. The molecule has 0 bridgehead atoms. The second-order valence-electron chi connectivity index (χ2n) is 8.20. The number of hydrogen-bond acceptors (Lipinski definition) is 5. The zero-order valence-corrected chi connectivity index (χ0v) is 17.6. The van der Waals surface area contributed by atoms with Crippen molar-refractivity contribution in [3.63, 3.8) is 0 Å². The van der Waals surface area contributed by atoms with Gasteiger partial charge in [0, 0.05) is 48.9 Å². The lowest BCUT2D eigenvalue weighted by atomic mass is 9.89. The van der Waals surface area contributed by atoms with Gasteiger partial charge in [-0.3, -0.25) is 9.59 Å². The van der Waals surface area contributed by atoms with Gasteiger partial charge in [0.2, 0.25) is 11.6 Å². The van der Waals surface area contributed by atoms with Crippen LogP contribution < -0.4 is 0 Å². The van der Waals surface area contributed by atoms with E-state index in [1.807, 2.05) is 12.1 Å². The molecule has 0 unspecified atom stereocenters. The molecule has 150 valence electrons. The van der Waals surface area contributed by atoms with Crippen molar-refractivity contribution in [2.75, 3.05) is 18.8 Å². The lowest BCUT2D eigenvalue weighted by molar-refractivity contribution is -0.111. The highest BCUT2D eigenvalue weighted by atomic mass is 32.2. The van der Waals surface area contributed by atoms with E-state index < -0.39 is 11.6 Å². The maximum Gasteiger partial charge on any atom is 0.243 e. The van der Waals surface area contributed by atoms with Gasteiger partial charge in [0.25, 0.3) is 0 Å². The maximum atomic E-state index is 12.6. The zero-order chi connectivity index (χ0) is 19.7. The molecule has 1 aromatic rings. The highest BCUT2D eigenvalue weighted by Gasteiger charge is 2.46. The maximum absolute atomic E-state index is 12.6. The van der Waals surface area contributed by atoms with Gasteiger partial charge in [0.05, 0.1) is 0 Å². The Morgan fingerprint density at radius 1 is 1.04 bits per heavy atom. The van der Waals surface area contributed by atoms with Gasteiger partial charge in [0.15, 0.2) is 0 Å². The predicted octanol–water partition coefficient (Wildman–Crippen LogP) is 4.69. The summed E-state index contributed by atoms with van der Waals surface area (Å²) in [5.41, 5.74) is 1.04. The fourth-order valence-corrected chi connectivity index (χ4v) is 5.99. The van der Waals surface area contributed by atoms with E-state index >= 15 is 0 Å². The van der Waals surface area contributed by atoms with Crippen LogP contribution in [0.1, 0.15) is 68.3 Å². The van der Waals surface area contributed by atoms with Crippen molar-refractivity contribution in [1.82, 2.24) is 4.90 Å². The molecule has 1 saturated heterocycles. The first-order valence-corrected chi connectivity index (χ1v) is 11.6. The summed E-state index contributed by atoms with van der Waals surface area (Å²) in [6.07, 6.45) is 6.92. The lowest BCUT2D eigenvalue weighted by Gasteiger charge is -2.47. The first kappa shape index (κ1) is 19.7. The largest absolute Gasteiger partial charge is 0.484 e. The van der Waals surface area contributed by atoms with E-state index in [1.165, 1.54) is 37.4 Å². The van der Waals surface area contributed by atoms with Gasteiger partial charge < -0.3 is 9.64 Å². The third kappa shape index (κ3) is 3.43. The van der Waals surface area contributed by atoms with E-state index in [9.17, 15) is 9.59 Å². The third-order valence-electron chi connectivity index (χ3n) is 6.30. The normalized spacial score (nSPS) is 21.7. The minimum Gasteiger partial charge on any atom is -0.484 e. The minimum absolute atomic E-state index is 0.225. The molecule has 1 aromatic carbocycles. The summed E-state index contributed by atoms with van der Waals surface area (Å²) in [7, 11) is 0. The summed E-state index contributed by atoms with van der Waals surface area (Å²) in [4.78, 5) is 28.1. The Kier molecular flexibility index (Phi) is 5.66. The number of fused-ring (bicyclic) bond motifs is 2. The zero-order valence-electron chi connectivity index (χ0n) is 16.8. The summed E-state index contributed by atoms with van der Waals surface area (Å²) in [6, 6.07) is 8.03. The second kappa shape index (κ2) is 8.03. The average molecular weight is 400 g/mol. The molecule has 1 aliphatic carbocycles. The topological polar surface area (TPSA) is 46.6 Å². The van der Waals surface area contributed by atoms with Crippen LogP contribution in [0.2, 0.25) is 0 Å². The standard InChI is InChI=1S/C23H29NO3S/c1-3-7-16(8-4-2)24-13-11-23(12-14-24)15-28-22-20(26)19(25)17-9-5-6-10-18(17)21(22)27-23/h5-6,9-10,16H,3-4,7-8,11-15H2,1-2H3. The van der Waals surface area contributed by atoms with E-state index in [2.05, 4.69) is 18.7 Å². The number of rotatable bonds is 5. The molecule has 5 heteroatoms. The van der Waals surface area contributed by atoms with Gasteiger partial charge in [-0.25, -0.2) is 0 Å². The molecule has 0 amide bonds. The number of benzene rings is 1. The molecule has 2 aliphatic heterocycles. The van der Waals surface area contributed by atoms with Crippen LogP contribution in [0.5, 0.6) is 0 Å². The first-order valence-electron chi connectivity index (χ1n) is 10.6. The summed E-state index contributed by atoms with van der Waals surface area (Å²) < 4.78 is 6.57. The first-order chi connectivity index (χ1) is 13.6. The van der Waals surface area contributed by atoms with Crippen LogP contribution in [0.3, 0.4) is 0 Å². The Bertz CT molecular complexity index is 802. The van der Waals surface area contributed by atoms with E-state index in [0.29, 0.717) is 22.3 Å². The molecule has 3 aliphatic rings. The number of nitrogens with zero attached hydrogens (tertiary/aromatic N) is 1. The number of piperidine rings is 1. The number of Topliss-reactive ketones (excluding diaryl/α,β-unsaturated/α-hetero) is 2. The SMILES string of the molecule is CCCC(CCC)N1CCC2(CC1)CSC1=C(O2)c2ccccc2C(=O)C1=O. The Labute approximate surface area is 171 Å². The van der Waals surface area contributed by atoms with Gasteiger partial charge in [-0.15, -0.1) is 11.8 Å². The monoisotopic (exact) mass is 399 g/mol. The van der Waals surface area contributed by atoms with E-state index in [4.69, 9.17) is 4.74 Å². The fourth-order valence-electron chi connectivity index (χ4n) is 4.73. The summed E-state index contributed by atoms with van der Waals surface area (Å²) in [5.74, 6) is 0.589. The molecule has 0 radical (unpaired) electrons. The second-order valence-corrected chi connectivity index (χ2v) is 9.19. The molecule has 1 fully saturated rings. The molecule has 4 nitrogen and oxygen atoms in total. The van der Waals surface area contributed by atoms with E-state index in [1.54, 1.807) is 12.1 Å². The van der Waals surface area contributed by atoms with Gasteiger partial charge in [-0.2, -0.15) is 0 Å². The van der Waals surface area contributed by atoms with Gasteiger partial charge in [0.1, 0.15) is 16.3 Å². The number of thioether (sulfide) groups is 1. The molecule has 0 aromatic heterocycles. The number of carbonyl (C=O) groups excluding carboxylic acids is 2. The highest BCUT2D eigenvalue weighted by molar-refractivity contribution is 8.04. The van der Waals surface area contributed by atoms with Gasteiger partial charge in [-0.05, 0) is 12.8 Å². The summed E-state index contributed by atoms with van der Waals surface area (Å²) in [5, 5.41) is 0. The van der Waals surface area contributed by atoms with Crippen LogP contribution in [0, 0.1) is 0 Å². The quantitative estimate of drug-likeness (QED) is 0.673. The predicted molar refractivity (Wildman–Crippen MR) is 113 cm³/mol. The molecule has 1 spiro atoms. The molecular weight excluding hydrogens is 370 g/mol. The minimum atomic E-state index is -0.406. The van der Waals surface area contributed by atoms with Gasteiger partial charge >= 0.3 is 0 Å². The average Bonchev–Trinajstić information content (AvgIpc) is 2.72. The van der Waals surface area contributed by atoms with E-state index in [0.717, 1.165) is 37.2 Å². The van der Waals surface area contributed by atoms with Crippen LogP contribution in [-0.4, -0.2) is 47.0 Å². The number of ether oxygens (including phenoxy) is 1. The van der Waals surface area contributed by atoms with Crippen LogP contribution in [0.15, 0.2) is 29.2 Å². The molecule has 0 atom stereocenters. The molecule has 0 saturated carbocycles. The van der Waals surface area contributed by atoms with Crippen molar-refractivity contribution in [3.05, 3.63) is 40.3 Å². The number of likely N-dealkylation sites (tertiary alicyclic amines) is 1. The molecule has 0 N–H and O–H groups in total. The number of allylic oxidation sites excluding steroid dienone is 1. The highest BCUT2D eigenvalue weighted by Crippen LogP contribution is 2.47. The third-order valence-corrected chi connectivity index (χ3v) is 7.63. The van der Waals surface area contributed by atoms with Crippen LogP contribution in [0.4, 0.5) is 0 Å². The molecular formula is C23H29NO3S.